The zero-order chi connectivity index (χ0) is 22.2. The van der Waals surface area contributed by atoms with Gasteiger partial charge in [0.2, 0.25) is 5.95 Å². The van der Waals surface area contributed by atoms with E-state index in [0.29, 0.717) is 11.9 Å². The fourth-order valence-electron chi connectivity index (χ4n) is 5.11. The van der Waals surface area contributed by atoms with E-state index in [1.54, 1.807) is 0 Å². The van der Waals surface area contributed by atoms with Gasteiger partial charge in [0.05, 0.1) is 35.5 Å². The standard InChI is InChI=1S/C24H29N9/c1-31-16-18(13-28-31)21-12-20-15-27-24(30-33(20)23(21)17-4-2-3-5-17)29-22-7-6-19(14-26-22)32-10-8-25-9-11-32/h6-7,12-17,25H,2-5,8-11H2,1H3,(H,26,29,30). The third-order valence-electron chi connectivity index (χ3n) is 6.78. The minimum atomic E-state index is 0.502. The summed E-state index contributed by atoms with van der Waals surface area (Å²) >= 11 is 0. The average molecular weight is 444 g/mol. The third-order valence-corrected chi connectivity index (χ3v) is 6.78. The Bertz CT molecular complexity index is 1240. The number of nitrogens with one attached hydrogen (secondary N) is 2. The molecule has 4 aromatic rings. The van der Waals surface area contributed by atoms with Crippen LogP contribution in [0.25, 0.3) is 16.6 Å². The van der Waals surface area contributed by atoms with Crippen molar-refractivity contribution in [1.29, 1.82) is 0 Å². The number of piperazine rings is 1. The Morgan fingerprint density at radius 1 is 1.03 bits per heavy atom. The highest BCUT2D eigenvalue weighted by atomic mass is 15.3. The lowest BCUT2D eigenvalue weighted by molar-refractivity contribution is 0.589. The number of pyridine rings is 1. The van der Waals surface area contributed by atoms with Crippen LogP contribution in [0.1, 0.15) is 37.3 Å². The lowest BCUT2D eigenvalue weighted by Crippen LogP contribution is -2.43. The number of fused-ring (bicyclic) bond motifs is 1. The fourth-order valence-corrected chi connectivity index (χ4v) is 5.11. The molecule has 4 aromatic heterocycles. The molecule has 0 radical (unpaired) electrons. The van der Waals surface area contributed by atoms with Crippen LogP contribution in [-0.4, -0.2) is 55.5 Å². The molecule has 0 spiro atoms. The Morgan fingerprint density at radius 3 is 2.61 bits per heavy atom. The largest absolute Gasteiger partial charge is 0.368 e. The van der Waals surface area contributed by atoms with E-state index in [0.717, 1.165) is 48.8 Å². The summed E-state index contributed by atoms with van der Waals surface area (Å²) in [6, 6.07) is 6.30. The van der Waals surface area contributed by atoms with Crippen molar-refractivity contribution < 1.29 is 0 Å². The summed E-state index contributed by atoms with van der Waals surface area (Å²) < 4.78 is 3.92. The second-order valence-electron chi connectivity index (χ2n) is 9.01. The van der Waals surface area contributed by atoms with Crippen LogP contribution >= 0.6 is 0 Å². The summed E-state index contributed by atoms with van der Waals surface area (Å²) in [5.41, 5.74) is 5.75. The highest BCUT2D eigenvalue weighted by Gasteiger charge is 2.26. The van der Waals surface area contributed by atoms with E-state index >= 15 is 0 Å². The Hall–Kier alpha value is -3.46. The lowest BCUT2D eigenvalue weighted by Gasteiger charge is -2.29. The number of rotatable bonds is 5. The Morgan fingerprint density at radius 2 is 1.88 bits per heavy atom. The fraction of sp³-hybridized carbons (Fsp3) is 0.417. The van der Waals surface area contributed by atoms with Crippen LogP contribution in [0.15, 0.2) is 43.0 Å². The predicted octanol–water partition coefficient (Wildman–Crippen LogP) is 3.34. The summed E-state index contributed by atoms with van der Waals surface area (Å²) in [5.74, 6) is 1.80. The van der Waals surface area contributed by atoms with Crippen molar-refractivity contribution in [3.05, 3.63) is 48.7 Å². The van der Waals surface area contributed by atoms with E-state index in [1.165, 1.54) is 36.9 Å². The second kappa shape index (κ2) is 8.47. The van der Waals surface area contributed by atoms with Crippen LogP contribution in [0.2, 0.25) is 0 Å². The molecule has 1 aliphatic heterocycles. The van der Waals surface area contributed by atoms with Gasteiger partial charge in [0.25, 0.3) is 0 Å². The molecule has 33 heavy (non-hydrogen) atoms. The molecule has 6 rings (SSSR count). The van der Waals surface area contributed by atoms with Gasteiger partial charge < -0.3 is 15.5 Å². The number of hydrogen-bond acceptors (Lipinski definition) is 7. The Balaban J connectivity index is 1.32. The molecule has 9 heteroatoms. The number of hydrogen-bond donors (Lipinski definition) is 2. The zero-order valence-corrected chi connectivity index (χ0v) is 18.9. The van der Waals surface area contributed by atoms with E-state index in [4.69, 9.17) is 5.10 Å². The van der Waals surface area contributed by atoms with E-state index < -0.39 is 0 Å². The number of aryl methyl sites for hydroxylation is 1. The molecule has 0 bridgehead atoms. The normalized spacial score (nSPS) is 17.2. The maximum Gasteiger partial charge on any atom is 0.246 e. The number of aromatic nitrogens is 6. The van der Waals surface area contributed by atoms with Gasteiger partial charge in [-0.15, -0.1) is 5.10 Å². The average Bonchev–Trinajstić information content (AvgIpc) is 3.59. The van der Waals surface area contributed by atoms with Crippen LogP contribution in [0, 0.1) is 0 Å². The van der Waals surface area contributed by atoms with Gasteiger partial charge in [-0.1, -0.05) is 12.8 Å². The SMILES string of the molecule is Cn1cc(-c2cc3cnc(Nc4ccc(N5CCNCC5)cn4)nn3c2C2CCCC2)cn1. The van der Waals surface area contributed by atoms with E-state index in [9.17, 15) is 0 Å². The molecule has 9 nitrogen and oxygen atoms in total. The first-order valence-corrected chi connectivity index (χ1v) is 11.8. The molecular formula is C24H29N9. The topological polar surface area (TPSA) is 88.2 Å². The molecule has 170 valence electrons. The molecule has 2 N–H and O–H groups in total. The van der Waals surface area contributed by atoms with E-state index in [1.807, 2.05) is 36.4 Å². The summed E-state index contributed by atoms with van der Waals surface area (Å²) in [5, 5.41) is 16.0. The molecule has 0 amide bonds. The minimum Gasteiger partial charge on any atom is -0.368 e. The van der Waals surface area contributed by atoms with Crippen molar-refractivity contribution in [1.82, 2.24) is 34.7 Å². The van der Waals surface area contributed by atoms with Gasteiger partial charge in [-0.05, 0) is 31.0 Å². The molecule has 1 saturated carbocycles. The third kappa shape index (κ3) is 3.93. The summed E-state index contributed by atoms with van der Waals surface area (Å²) in [7, 11) is 1.96. The molecule has 0 aromatic carbocycles. The van der Waals surface area contributed by atoms with Crippen molar-refractivity contribution in [2.45, 2.75) is 31.6 Å². The highest BCUT2D eigenvalue weighted by Crippen LogP contribution is 2.40. The first-order valence-electron chi connectivity index (χ1n) is 11.8. The van der Waals surface area contributed by atoms with Gasteiger partial charge in [-0.25, -0.2) is 14.5 Å². The summed E-state index contributed by atoms with van der Waals surface area (Å²) in [4.78, 5) is 11.5. The molecule has 5 heterocycles. The van der Waals surface area contributed by atoms with E-state index in [-0.39, 0.29) is 0 Å². The first kappa shape index (κ1) is 20.2. The van der Waals surface area contributed by atoms with Gasteiger partial charge in [0.15, 0.2) is 0 Å². The van der Waals surface area contributed by atoms with Crippen molar-refractivity contribution in [2.75, 3.05) is 36.4 Å². The second-order valence-corrected chi connectivity index (χ2v) is 9.01. The van der Waals surface area contributed by atoms with Crippen LogP contribution < -0.4 is 15.5 Å². The van der Waals surface area contributed by atoms with Crippen LogP contribution in [0.5, 0.6) is 0 Å². The van der Waals surface area contributed by atoms with Crippen molar-refractivity contribution in [3.63, 3.8) is 0 Å². The van der Waals surface area contributed by atoms with Gasteiger partial charge in [0.1, 0.15) is 5.82 Å². The molecule has 0 unspecified atom stereocenters. The molecule has 0 atom stereocenters. The monoisotopic (exact) mass is 443 g/mol. The minimum absolute atomic E-state index is 0.502. The number of anilines is 3. The van der Waals surface area contributed by atoms with Crippen LogP contribution in [0.3, 0.4) is 0 Å². The van der Waals surface area contributed by atoms with Gasteiger partial charge >= 0.3 is 0 Å². The van der Waals surface area contributed by atoms with Gasteiger partial charge in [-0.3, -0.25) is 4.68 Å². The maximum absolute atomic E-state index is 4.89. The van der Waals surface area contributed by atoms with E-state index in [2.05, 4.69) is 53.4 Å². The van der Waals surface area contributed by atoms with Crippen LogP contribution in [-0.2, 0) is 7.05 Å². The molecule has 2 aliphatic rings. The smallest absolute Gasteiger partial charge is 0.246 e. The van der Waals surface area contributed by atoms with Crippen molar-refractivity contribution in [2.24, 2.45) is 7.05 Å². The molecular weight excluding hydrogens is 414 g/mol. The zero-order valence-electron chi connectivity index (χ0n) is 18.9. The van der Waals surface area contributed by atoms with Crippen LogP contribution in [0.4, 0.5) is 17.5 Å². The van der Waals surface area contributed by atoms with Gasteiger partial charge in [-0.2, -0.15) is 5.10 Å². The summed E-state index contributed by atoms with van der Waals surface area (Å²) in [6.45, 7) is 4.03. The maximum atomic E-state index is 4.89. The molecule has 2 fully saturated rings. The number of nitrogens with zero attached hydrogens (tertiary/aromatic N) is 7. The van der Waals surface area contributed by atoms with Gasteiger partial charge in [0, 0.05) is 56.5 Å². The Labute approximate surface area is 192 Å². The first-order chi connectivity index (χ1) is 16.2. The molecule has 1 saturated heterocycles. The Kier molecular flexibility index (Phi) is 5.18. The highest BCUT2D eigenvalue weighted by molar-refractivity contribution is 5.73. The lowest BCUT2D eigenvalue weighted by atomic mass is 9.98. The van der Waals surface area contributed by atoms with Crippen molar-refractivity contribution in [3.8, 4) is 11.1 Å². The van der Waals surface area contributed by atoms with Crippen molar-refractivity contribution >= 4 is 23.0 Å². The quantitative estimate of drug-likeness (QED) is 0.489. The summed E-state index contributed by atoms with van der Waals surface area (Å²) in [6.07, 6.45) is 12.7. The molecule has 1 aliphatic carbocycles. The predicted molar refractivity (Wildman–Crippen MR) is 129 cm³/mol.